The third kappa shape index (κ3) is 3.79. The van der Waals surface area contributed by atoms with Crippen LogP contribution in [0, 0.1) is 0 Å². The molecule has 0 radical (unpaired) electrons. The second-order valence-electron chi connectivity index (χ2n) is 7.89. The first kappa shape index (κ1) is 20.0. The molecule has 1 aliphatic heterocycles. The molecule has 0 N–H and O–H groups in total. The topological polar surface area (TPSA) is 96.9 Å². The maximum absolute atomic E-state index is 13.1. The Hall–Kier alpha value is -2.91. The van der Waals surface area contributed by atoms with Crippen molar-refractivity contribution in [3.63, 3.8) is 0 Å². The number of nitrogens with zero attached hydrogens (tertiary/aromatic N) is 3. The van der Waals surface area contributed by atoms with Gasteiger partial charge in [0.15, 0.2) is 11.5 Å². The van der Waals surface area contributed by atoms with E-state index in [4.69, 9.17) is 8.94 Å². The van der Waals surface area contributed by atoms with Gasteiger partial charge in [-0.25, -0.2) is 8.42 Å². The Morgan fingerprint density at radius 3 is 2.45 bits per heavy atom. The highest BCUT2D eigenvalue weighted by atomic mass is 32.2. The van der Waals surface area contributed by atoms with Gasteiger partial charge in [0.05, 0.1) is 11.2 Å². The lowest BCUT2D eigenvalue weighted by Crippen LogP contribution is -2.50. The van der Waals surface area contributed by atoms with Gasteiger partial charge in [0.2, 0.25) is 15.8 Å². The van der Waals surface area contributed by atoms with Crippen molar-refractivity contribution in [1.29, 1.82) is 0 Å². The van der Waals surface area contributed by atoms with E-state index in [1.165, 1.54) is 22.2 Å². The van der Waals surface area contributed by atoms with Crippen molar-refractivity contribution in [2.45, 2.75) is 30.6 Å². The van der Waals surface area contributed by atoms with Gasteiger partial charge in [-0.2, -0.15) is 4.31 Å². The summed E-state index contributed by atoms with van der Waals surface area (Å²) in [5, 5.41) is 3.85. The third-order valence-electron chi connectivity index (χ3n) is 5.98. The largest absolute Gasteiger partial charge is 0.461 e. The molecular weight excluding hydrogens is 418 g/mol. The van der Waals surface area contributed by atoms with E-state index in [1.54, 1.807) is 23.1 Å². The summed E-state index contributed by atoms with van der Waals surface area (Å²) >= 11 is 0. The molecule has 9 heteroatoms. The molecule has 0 atom stereocenters. The summed E-state index contributed by atoms with van der Waals surface area (Å²) in [7, 11) is -3.59. The second-order valence-corrected chi connectivity index (χ2v) is 9.83. The van der Waals surface area contributed by atoms with Crippen molar-refractivity contribution in [2.24, 2.45) is 0 Å². The summed E-state index contributed by atoms with van der Waals surface area (Å²) in [5.74, 6) is 0.585. The Balaban J connectivity index is 1.26. The van der Waals surface area contributed by atoms with Crippen LogP contribution >= 0.6 is 0 Å². The Bertz CT molecular complexity index is 1190. The summed E-state index contributed by atoms with van der Waals surface area (Å²) in [6, 6.07) is 10.5. The van der Waals surface area contributed by atoms with Crippen molar-refractivity contribution in [3.8, 4) is 11.5 Å². The molecule has 1 amide bonds. The Labute approximate surface area is 180 Å². The van der Waals surface area contributed by atoms with E-state index >= 15 is 0 Å². The fraction of sp³-hybridized carbons (Fsp3) is 0.364. The van der Waals surface area contributed by atoms with Crippen molar-refractivity contribution >= 4 is 15.9 Å². The number of rotatable bonds is 4. The fourth-order valence-electron chi connectivity index (χ4n) is 4.22. The zero-order chi connectivity index (χ0) is 21.4. The lowest BCUT2D eigenvalue weighted by molar-refractivity contribution is 0.0687. The highest BCUT2D eigenvalue weighted by molar-refractivity contribution is 7.89. The molecule has 0 bridgehead atoms. The van der Waals surface area contributed by atoms with Crippen LogP contribution in [0.15, 0.2) is 56.5 Å². The molecule has 1 fully saturated rings. The van der Waals surface area contributed by atoms with Gasteiger partial charge < -0.3 is 13.8 Å². The lowest BCUT2D eigenvalue weighted by atomic mass is 9.92. The minimum absolute atomic E-state index is 0.178. The van der Waals surface area contributed by atoms with E-state index in [1.807, 2.05) is 12.1 Å². The molecule has 5 rings (SSSR count). The van der Waals surface area contributed by atoms with Crippen LogP contribution in [-0.4, -0.2) is 54.9 Å². The molecule has 1 aliphatic carbocycles. The summed E-state index contributed by atoms with van der Waals surface area (Å²) in [6.07, 6.45) is 5.71. The van der Waals surface area contributed by atoms with Crippen LogP contribution in [0.1, 0.15) is 34.5 Å². The molecule has 3 aromatic rings. The number of fused-ring (bicyclic) bond motifs is 1. The van der Waals surface area contributed by atoms with Crippen LogP contribution in [0.25, 0.3) is 11.5 Å². The van der Waals surface area contributed by atoms with Gasteiger partial charge in [-0.15, -0.1) is 0 Å². The van der Waals surface area contributed by atoms with Gasteiger partial charge in [-0.3, -0.25) is 4.79 Å². The van der Waals surface area contributed by atoms with E-state index in [0.717, 1.165) is 31.2 Å². The van der Waals surface area contributed by atoms with Crippen LogP contribution in [0.2, 0.25) is 0 Å². The minimum Gasteiger partial charge on any atom is -0.461 e. The van der Waals surface area contributed by atoms with Crippen LogP contribution in [-0.2, 0) is 22.9 Å². The highest BCUT2D eigenvalue weighted by Crippen LogP contribution is 2.27. The first-order valence-corrected chi connectivity index (χ1v) is 11.9. The average molecular weight is 442 g/mol. The maximum Gasteiger partial charge on any atom is 0.276 e. The molecule has 0 spiro atoms. The molecule has 1 aromatic carbocycles. The van der Waals surface area contributed by atoms with Gasteiger partial charge in [0, 0.05) is 32.2 Å². The van der Waals surface area contributed by atoms with Gasteiger partial charge >= 0.3 is 0 Å². The molecule has 2 aromatic heterocycles. The Morgan fingerprint density at radius 2 is 1.71 bits per heavy atom. The van der Waals surface area contributed by atoms with Crippen molar-refractivity contribution in [3.05, 3.63) is 59.5 Å². The van der Waals surface area contributed by atoms with Crippen LogP contribution in [0.3, 0.4) is 0 Å². The van der Waals surface area contributed by atoms with E-state index in [9.17, 15) is 13.2 Å². The number of hydrogen-bond acceptors (Lipinski definition) is 6. The predicted molar refractivity (Wildman–Crippen MR) is 112 cm³/mol. The van der Waals surface area contributed by atoms with Crippen molar-refractivity contribution in [1.82, 2.24) is 14.4 Å². The number of sulfonamides is 1. The second kappa shape index (κ2) is 7.97. The molecule has 3 heterocycles. The Kier molecular flexibility index (Phi) is 5.15. The number of aromatic nitrogens is 1. The van der Waals surface area contributed by atoms with E-state index < -0.39 is 10.0 Å². The summed E-state index contributed by atoms with van der Waals surface area (Å²) < 4.78 is 38.2. The van der Waals surface area contributed by atoms with Crippen molar-refractivity contribution in [2.75, 3.05) is 26.2 Å². The minimum atomic E-state index is -3.59. The van der Waals surface area contributed by atoms with Crippen LogP contribution in [0.5, 0.6) is 0 Å². The summed E-state index contributed by atoms with van der Waals surface area (Å²) in [4.78, 5) is 14.7. The average Bonchev–Trinajstić information content (AvgIpc) is 3.50. The fourth-order valence-corrected chi connectivity index (χ4v) is 5.70. The molecule has 8 nitrogen and oxygen atoms in total. The van der Waals surface area contributed by atoms with Gasteiger partial charge in [-0.1, -0.05) is 11.2 Å². The first-order chi connectivity index (χ1) is 15.0. The van der Waals surface area contributed by atoms with Crippen LogP contribution < -0.4 is 0 Å². The standard InChI is InChI=1S/C22H23N3O5S/c26-22(19-15-21(30-23-19)20-6-3-13-29-20)24-9-11-25(12-10-24)31(27,28)18-8-7-16-4-1-2-5-17(16)14-18/h3,6-8,13-15H,1-2,4-5,9-12H2. The zero-order valence-corrected chi connectivity index (χ0v) is 17.8. The van der Waals surface area contributed by atoms with Crippen molar-refractivity contribution < 1.29 is 22.2 Å². The molecule has 0 unspecified atom stereocenters. The normalized spacial score (nSPS) is 17.5. The van der Waals surface area contributed by atoms with Crippen LogP contribution in [0.4, 0.5) is 0 Å². The number of hydrogen-bond donors (Lipinski definition) is 0. The molecule has 162 valence electrons. The summed E-state index contributed by atoms with van der Waals surface area (Å²) in [6.45, 7) is 1.08. The number of carbonyl (C=O) groups excluding carboxylic acids is 1. The Morgan fingerprint density at radius 1 is 0.935 bits per heavy atom. The number of furan rings is 1. The first-order valence-electron chi connectivity index (χ1n) is 10.4. The predicted octanol–water partition coefficient (Wildman–Crippen LogP) is 2.96. The molecule has 2 aliphatic rings. The third-order valence-corrected chi connectivity index (χ3v) is 7.87. The van der Waals surface area contributed by atoms with E-state index in [2.05, 4.69) is 5.16 Å². The van der Waals surface area contributed by atoms with Gasteiger partial charge in [-0.05, 0) is 61.1 Å². The maximum atomic E-state index is 13.1. The number of benzene rings is 1. The highest BCUT2D eigenvalue weighted by Gasteiger charge is 2.32. The van der Waals surface area contributed by atoms with Gasteiger partial charge in [0.25, 0.3) is 5.91 Å². The zero-order valence-electron chi connectivity index (χ0n) is 17.0. The number of amides is 1. The van der Waals surface area contributed by atoms with Gasteiger partial charge in [0.1, 0.15) is 0 Å². The lowest BCUT2D eigenvalue weighted by Gasteiger charge is -2.33. The molecule has 31 heavy (non-hydrogen) atoms. The number of piperazine rings is 1. The SMILES string of the molecule is O=C(c1cc(-c2ccco2)on1)N1CCN(S(=O)(=O)c2ccc3c(c2)CCCC3)CC1. The number of carbonyl (C=O) groups is 1. The quantitative estimate of drug-likeness (QED) is 0.618. The van der Waals surface area contributed by atoms with E-state index in [0.29, 0.717) is 29.5 Å². The molecule has 1 saturated heterocycles. The molecule has 0 saturated carbocycles. The smallest absolute Gasteiger partial charge is 0.276 e. The molecular formula is C22H23N3O5S. The summed E-state index contributed by atoms with van der Waals surface area (Å²) in [5.41, 5.74) is 2.57. The van der Waals surface area contributed by atoms with E-state index in [-0.39, 0.29) is 24.7 Å². The number of aryl methyl sites for hydroxylation is 2. The monoisotopic (exact) mass is 441 g/mol.